The van der Waals surface area contributed by atoms with Crippen molar-refractivity contribution in [2.24, 2.45) is 5.41 Å². The molecule has 2 N–H and O–H groups in total. The van der Waals surface area contributed by atoms with E-state index in [1.54, 1.807) is 0 Å². The van der Waals surface area contributed by atoms with E-state index in [0.717, 1.165) is 32.5 Å². The second-order valence-corrected chi connectivity index (χ2v) is 5.36. The average Bonchev–Trinajstić information content (AvgIpc) is 2.08. The Hall–Kier alpha value is -0.120. The minimum absolute atomic E-state index is 0.326. The van der Waals surface area contributed by atoms with Crippen LogP contribution in [-0.2, 0) is 0 Å². The van der Waals surface area contributed by atoms with Crippen molar-refractivity contribution in [3.05, 3.63) is 0 Å². The van der Waals surface area contributed by atoms with Crippen molar-refractivity contribution in [3.63, 3.8) is 0 Å². The summed E-state index contributed by atoms with van der Waals surface area (Å²) in [7, 11) is 4.23. The third kappa shape index (κ3) is 10.2. The molecule has 0 aliphatic carbocycles. The summed E-state index contributed by atoms with van der Waals surface area (Å²) >= 11 is 0. The van der Waals surface area contributed by atoms with Gasteiger partial charge in [0, 0.05) is 19.7 Å². The Kier molecular flexibility index (Phi) is 8.02. The van der Waals surface area contributed by atoms with E-state index in [4.69, 9.17) is 5.11 Å². The Balaban J connectivity index is 3.40. The molecule has 0 aromatic rings. The summed E-state index contributed by atoms with van der Waals surface area (Å²) in [5.74, 6) is 0. The lowest BCUT2D eigenvalue weighted by Gasteiger charge is -2.28. The molecule has 0 amide bonds. The van der Waals surface area contributed by atoms with Gasteiger partial charge in [-0.1, -0.05) is 13.8 Å². The average molecular weight is 216 g/mol. The van der Waals surface area contributed by atoms with E-state index in [2.05, 4.69) is 38.2 Å². The van der Waals surface area contributed by atoms with Crippen molar-refractivity contribution < 1.29 is 5.11 Å². The summed E-state index contributed by atoms with van der Waals surface area (Å²) in [6.45, 7) is 8.13. The van der Waals surface area contributed by atoms with Crippen molar-refractivity contribution in [2.75, 3.05) is 40.3 Å². The fourth-order valence-corrected chi connectivity index (χ4v) is 1.88. The van der Waals surface area contributed by atoms with E-state index in [1.165, 1.54) is 6.42 Å². The van der Waals surface area contributed by atoms with Crippen molar-refractivity contribution in [3.8, 4) is 0 Å². The van der Waals surface area contributed by atoms with E-state index in [-0.39, 0.29) is 0 Å². The summed E-state index contributed by atoms with van der Waals surface area (Å²) in [5.41, 5.74) is 0.334. The highest BCUT2D eigenvalue weighted by molar-refractivity contribution is 4.73. The van der Waals surface area contributed by atoms with Gasteiger partial charge in [0.2, 0.25) is 0 Å². The Labute approximate surface area is 94.9 Å². The van der Waals surface area contributed by atoms with Crippen molar-refractivity contribution in [1.82, 2.24) is 10.2 Å². The van der Waals surface area contributed by atoms with Gasteiger partial charge in [0.1, 0.15) is 0 Å². The summed E-state index contributed by atoms with van der Waals surface area (Å²) in [4.78, 5) is 2.23. The molecule has 0 spiro atoms. The lowest BCUT2D eigenvalue weighted by Crippen LogP contribution is -2.37. The van der Waals surface area contributed by atoms with Crippen LogP contribution >= 0.6 is 0 Å². The van der Waals surface area contributed by atoms with Crippen LogP contribution in [-0.4, -0.2) is 50.3 Å². The molecule has 92 valence electrons. The first kappa shape index (κ1) is 14.9. The Morgan fingerprint density at radius 1 is 1.13 bits per heavy atom. The van der Waals surface area contributed by atoms with Crippen LogP contribution in [0.4, 0.5) is 0 Å². The Bertz CT molecular complexity index is 147. The second-order valence-electron chi connectivity index (χ2n) is 5.36. The van der Waals surface area contributed by atoms with Gasteiger partial charge in [-0.15, -0.1) is 0 Å². The molecule has 15 heavy (non-hydrogen) atoms. The van der Waals surface area contributed by atoms with E-state index < -0.39 is 0 Å². The van der Waals surface area contributed by atoms with E-state index in [9.17, 15) is 0 Å². The van der Waals surface area contributed by atoms with Crippen molar-refractivity contribution >= 4 is 0 Å². The van der Waals surface area contributed by atoms with Crippen molar-refractivity contribution in [1.29, 1.82) is 0 Å². The number of unbranched alkanes of at least 4 members (excludes halogenated alkanes) is 2. The third-order valence-electron chi connectivity index (χ3n) is 2.36. The molecule has 0 saturated carbocycles. The van der Waals surface area contributed by atoms with Gasteiger partial charge in [0.15, 0.2) is 0 Å². The first-order valence-corrected chi connectivity index (χ1v) is 5.94. The van der Waals surface area contributed by atoms with Crippen LogP contribution in [0.25, 0.3) is 0 Å². The van der Waals surface area contributed by atoms with E-state index in [0.29, 0.717) is 12.0 Å². The SMILES string of the molecule is CN(C)CC(C)(C)CNCCCCCO. The molecule has 0 atom stereocenters. The zero-order chi connectivity index (χ0) is 11.7. The maximum Gasteiger partial charge on any atom is 0.0431 e. The molecule has 0 aromatic heterocycles. The zero-order valence-corrected chi connectivity index (χ0v) is 10.8. The quantitative estimate of drug-likeness (QED) is 0.571. The van der Waals surface area contributed by atoms with Crippen LogP contribution in [0.1, 0.15) is 33.1 Å². The number of aliphatic hydroxyl groups excluding tert-OH is 1. The highest BCUT2D eigenvalue weighted by atomic mass is 16.2. The van der Waals surface area contributed by atoms with Gasteiger partial charge in [-0.2, -0.15) is 0 Å². The molecule has 0 rings (SSSR count). The highest BCUT2D eigenvalue weighted by Gasteiger charge is 2.17. The summed E-state index contributed by atoms with van der Waals surface area (Å²) < 4.78 is 0. The molecule has 0 saturated heterocycles. The maximum absolute atomic E-state index is 8.63. The summed E-state index contributed by atoms with van der Waals surface area (Å²) in [5, 5.41) is 12.1. The van der Waals surface area contributed by atoms with Gasteiger partial charge < -0.3 is 15.3 Å². The Morgan fingerprint density at radius 3 is 2.33 bits per heavy atom. The molecule has 3 heteroatoms. The van der Waals surface area contributed by atoms with Crippen LogP contribution in [0, 0.1) is 5.41 Å². The summed E-state index contributed by atoms with van der Waals surface area (Å²) in [6, 6.07) is 0. The molecule has 0 aliphatic rings. The van der Waals surface area contributed by atoms with Crippen LogP contribution in [0.2, 0.25) is 0 Å². The van der Waals surface area contributed by atoms with Gasteiger partial charge in [-0.25, -0.2) is 0 Å². The number of nitrogens with one attached hydrogen (secondary N) is 1. The van der Waals surface area contributed by atoms with Crippen LogP contribution in [0.5, 0.6) is 0 Å². The lowest BCUT2D eigenvalue weighted by molar-refractivity contribution is 0.232. The predicted molar refractivity (Wildman–Crippen MR) is 66.1 cm³/mol. The standard InChI is InChI=1S/C12H28N2O/c1-12(2,11-14(3)4)10-13-8-6-5-7-9-15/h13,15H,5-11H2,1-4H3. The maximum atomic E-state index is 8.63. The molecule has 0 radical (unpaired) electrons. The number of rotatable bonds is 9. The molecule has 3 nitrogen and oxygen atoms in total. The molecule has 0 aromatic carbocycles. The van der Waals surface area contributed by atoms with Gasteiger partial charge >= 0.3 is 0 Å². The zero-order valence-electron chi connectivity index (χ0n) is 10.8. The molecule has 0 heterocycles. The third-order valence-corrected chi connectivity index (χ3v) is 2.36. The molecule has 0 fully saturated rings. The van der Waals surface area contributed by atoms with Gasteiger partial charge in [0.25, 0.3) is 0 Å². The number of aliphatic hydroxyl groups is 1. The van der Waals surface area contributed by atoms with E-state index in [1.807, 2.05) is 0 Å². The minimum Gasteiger partial charge on any atom is -0.396 e. The first-order chi connectivity index (χ1) is 6.98. The van der Waals surface area contributed by atoms with Gasteiger partial charge in [-0.05, 0) is 45.3 Å². The fourth-order valence-electron chi connectivity index (χ4n) is 1.88. The summed E-state index contributed by atoms with van der Waals surface area (Å²) in [6.07, 6.45) is 3.22. The molecular formula is C12H28N2O. The van der Waals surface area contributed by atoms with Gasteiger partial charge in [0.05, 0.1) is 0 Å². The second kappa shape index (κ2) is 8.08. The van der Waals surface area contributed by atoms with Crippen LogP contribution in [0.15, 0.2) is 0 Å². The molecule has 0 bridgehead atoms. The monoisotopic (exact) mass is 216 g/mol. The number of hydrogen-bond donors (Lipinski definition) is 2. The normalized spacial score (nSPS) is 12.4. The lowest BCUT2D eigenvalue weighted by atomic mass is 9.93. The fraction of sp³-hybridized carbons (Fsp3) is 1.00. The minimum atomic E-state index is 0.326. The highest BCUT2D eigenvalue weighted by Crippen LogP contribution is 2.13. The topological polar surface area (TPSA) is 35.5 Å². The largest absolute Gasteiger partial charge is 0.396 e. The van der Waals surface area contributed by atoms with Crippen molar-refractivity contribution in [2.45, 2.75) is 33.1 Å². The van der Waals surface area contributed by atoms with Crippen LogP contribution < -0.4 is 5.32 Å². The molecule has 0 aliphatic heterocycles. The molecule has 0 unspecified atom stereocenters. The van der Waals surface area contributed by atoms with Crippen LogP contribution in [0.3, 0.4) is 0 Å². The molecular weight excluding hydrogens is 188 g/mol. The predicted octanol–water partition coefficient (Wildman–Crippen LogP) is 1.33. The Morgan fingerprint density at radius 2 is 1.80 bits per heavy atom. The number of hydrogen-bond acceptors (Lipinski definition) is 3. The number of nitrogens with zero attached hydrogens (tertiary/aromatic N) is 1. The van der Waals surface area contributed by atoms with E-state index >= 15 is 0 Å². The smallest absolute Gasteiger partial charge is 0.0431 e. The van der Waals surface area contributed by atoms with Gasteiger partial charge in [-0.3, -0.25) is 0 Å². The first-order valence-electron chi connectivity index (χ1n) is 5.94.